The van der Waals surface area contributed by atoms with Gasteiger partial charge in [0.05, 0.1) is 5.54 Å². The predicted octanol–water partition coefficient (Wildman–Crippen LogP) is 2.95. The Morgan fingerprint density at radius 2 is 2.06 bits per heavy atom. The quantitative estimate of drug-likeness (QED) is 0.894. The van der Waals surface area contributed by atoms with E-state index in [-0.39, 0.29) is 5.54 Å². The highest BCUT2D eigenvalue weighted by Gasteiger charge is 2.42. The topological polar surface area (TPSA) is 64.9 Å². The van der Waals surface area contributed by atoms with Gasteiger partial charge in [0, 0.05) is 5.92 Å². The maximum absolute atomic E-state index is 6.47. The van der Waals surface area contributed by atoms with Crippen molar-refractivity contribution in [1.29, 1.82) is 0 Å². The molecule has 0 amide bonds. The molecule has 2 atom stereocenters. The first kappa shape index (κ1) is 12.2. The summed E-state index contributed by atoms with van der Waals surface area (Å²) in [5.41, 5.74) is 6.10. The van der Waals surface area contributed by atoms with Crippen LogP contribution in [0.2, 0.25) is 0 Å². The van der Waals surface area contributed by atoms with Crippen molar-refractivity contribution in [2.75, 3.05) is 0 Å². The van der Waals surface area contributed by atoms with Crippen molar-refractivity contribution < 1.29 is 4.52 Å². The van der Waals surface area contributed by atoms with Crippen LogP contribution in [0.3, 0.4) is 0 Å². The zero-order valence-electron chi connectivity index (χ0n) is 11.4. The molecule has 4 nitrogen and oxygen atoms in total. The zero-order chi connectivity index (χ0) is 12.8. The van der Waals surface area contributed by atoms with Crippen molar-refractivity contribution in [1.82, 2.24) is 10.1 Å². The van der Waals surface area contributed by atoms with Gasteiger partial charge >= 0.3 is 0 Å². The van der Waals surface area contributed by atoms with Crippen molar-refractivity contribution in [3.8, 4) is 0 Å². The van der Waals surface area contributed by atoms with E-state index in [1.807, 2.05) is 0 Å². The second-order valence-corrected chi connectivity index (χ2v) is 6.28. The van der Waals surface area contributed by atoms with Gasteiger partial charge in [-0.15, -0.1) is 0 Å². The molecule has 0 aromatic carbocycles. The molecule has 0 aliphatic heterocycles. The second kappa shape index (κ2) is 4.34. The Labute approximate surface area is 108 Å². The van der Waals surface area contributed by atoms with Gasteiger partial charge in [-0.05, 0) is 43.9 Å². The first-order chi connectivity index (χ1) is 8.62. The molecule has 0 radical (unpaired) electrons. The first-order valence-corrected chi connectivity index (χ1v) is 7.25. The monoisotopic (exact) mass is 249 g/mol. The number of aromatic nitrogens is 2. The summed E-state index contributed by atoms with van der Waals surface area (Å²) in [6, 6.07) is 0. The third-order valence-corrected chi connectivity index (χ3v) is 4.88. The minimum Gasteiger partial charge on any atom is -0.337 e. The number of nitrogens with two attached hydrogens (primary N) is 1. The Balaban J connectivity index is 1.72. The molecule has 2 saturated carbocycles. The average molecular weight is 249 g/mol. The van der Waals surface area contributed by atoms with Gasteiger partial charge < -0.3 is 10.3 Å². The molecule has 0 bridgehead atoms. The van der Waals surface area contributed by atoms with Crippen LogP contribution in [0.4, 0.5) is 0 Å². The summed E-state index contributed by atoms with van der Waals surface area (Å²) in [6.07, 6.45) is 6.77. The molecule has 1 aromatic heterocycles. The Hall–Kier alpha value is -0.900. The van der Waals surface area contributed by atoms with Crippen LogP contribution in [-0.4, -0.2) is 10.1 Å². The first-order valence-electron chi connectivity index (χ1n) is 7.25. The van der Waals surface area contributed by atoms with Gasteiger partial charge in [-0.1, -0.05) is 25.4 Å². The van der Waals surface area contributed by atoms with Crippen molar-refractivity contribution in [2.24, 2.45) is 17.6 Å². The van der Waals surface area contributed by atoms with E-state index in [9.17, 15) is 0 Å². The highest BCUT2D eigenvalue weighted by Crippen LogP contribution is 2.46. The SMILES string of the molecule is CCC1CCC(N)(c2nc(C3CC3C)no2)CC1. The highest BCUT2D eigenvalue weighted by molar-refractivity contribution is 5.11. The molecule has 2 aliphatic carbocycles. The van der Waals surface area contributed by atoms with Crippen LogP contribution in [0.5, 0.6) is 0 Å². The van der Waals surface area contributed by atoms with Gasteiger partial charge in [0.25, 0.3) is 0 Å². The van der Waals surface area contributed by atoms with Crippen LogP contribution < -0.4 is 5.73 Å². The summed E-state index contributed by atoms with van der Waals surface area (Å²) in [6.45, 7) is 4.48. The van der Waals surface area contributed by atoms with Gasteiger partial charge in [-0.2, -0.15) is 4.98 Å². The lowest BCUT2D eigenvalue weighted by Crippen LogP contribution is -2.40. The molecule has 1 heterocycles. The summed E-state index contributed by atoms with van der Waals surface area (Å²) in [5, 5.41) is 4.12. The average Bonchev–Trinajstić information content (AvgIpc) is 2.92. The smallest absolute Gasteiger partial charge is 0.246 e. The number of nitrogens with zero attached hydrogens (tertiary/aromatic N) is 2. The lowest BCUT2D eigenvalue weighted by atomic mass is 9.76. The van der Waals surface area contributed by atoms with Crippen LogP contribution in [0.25, 0.3) is 0 Å². The van der Waals surface area contributed by atoms with Crippen molar-refractivity contribution in [3.63, 3.8) is 0 Å². The molecular weight excluding hydrogens is 226 g/mol. The fourth-order valence-corrected chi connectivity index (χ4v) is 3.08. The molecule has 100 valence electrons. The summed E-state index contributed by atoms with van der Waals surface area (Å²) in [7, 11) is 0. The van der Waals surface area contributed by atoms with Crippen LogP contribution >= 0.6 is 0 Å². The summed E-state index contributed by atoms with van der Waals surface area (Å²) in [4.78, 5) is 4.57. The fourth-order valence-electron chi connectivity index (χ4n) is 3.08. The second-order valence-electron chi connectivity index (χ2n) is 6.28. The zero-order valence-corrected chi connectivity index (χ0v) is 11.4. The Kier molecular flexibility index (Phi) is 2.93. The molecule has 1 aromatic rings. The maximum Gasteiger partial charge on any atom is 0.246 e. The number of hydrogen-bond acceptors (Lipinski definition) is 4. The molecule has 2 fully saturated rings. The van der Waals surface area contributed by atoms with Crippen LogP contribution in [0, 0.1) is 11.8 Å². The van der Waals surface area contributed by atoms with E-state index in [1.54, 1.807) is 0 Å². The van der Waals surface area contributed by atoms with Gasteiger partial charge in [-0.3, -0.25) is 0 Å². The van der Waals surface area contributed by atoms with E-state index < -0.39 is 0 Å². The third kappa shape index (κ3) is 2.07. The van der Waals surface area contributed by atoms with Crippen LogP contribution in [0.15, 0.2) is 4.52 Å². The largest absolute Gasteiger partial charge is 0.337 e. The highest BCUT2D eigenvalue weighted by atomic mass is 16.5. The minimum absolute atomic E-state index is 0.366. The molecule has 0 saturated heterocycles. The van der Waals surface area contributed by atoms with E-state index in [0.29, 0.717) is 17.7 Å². The van der Waals surface area contributed by atoms with Crippen molar-refractivity contribution in [2.45, 2.75) is 63.8 Å². The number of hydrogen-bond donors (Lipinski definition) is 1. The number of rotatable bonds is 3. The molecule has 3 rings (SSSR count). The molecule has 2 aliphatic rings. The fraction of sp³-hybridized carbons (Fsp3) is 0.857. The lowest BCUT2D eigenvalue weighted by molar-refractivity contribution is 0.181. The van der Waals surface area contributed by atoms with Crippen LogP contribution in [-0.2, 0) is 5.54 Å². The van der Waals surface area contributed by atoms with E-state index in [0.717, 1.165) is 24.6 Å². The van der Waals surface area contributed by atoms with Crippen molar-refractivity contribution >= 4 is 0 Å². The van der Waals surface area contributed by atoms with E-state index in [2.05, 4.69) is 24.0 Å². The Morgan fingerprint density at radius 1 is 1.39 bits per heavy atom. The van der Waals surface area contributed by atoms with Crippen molar-refractivity contribution in [3.05, 3.63) is 11.7 Å². The third-order valence-electron chi connectivity index (χ3n) is 4.88. The van der Waals surface area contributed by atoms with E-state index in [4.69, 9.17) is 10.3 Å². The maximum atomic E-state index is 6.47. The lowest BCUT2D eigenvalue weighted by Gasteiger charge is -2.33. The van der Waals surface area contributed by atoms with E-state index in [1.165, 1.54) is 25.7 Å². The summed E-state index contributed by atoms with van der Waals surface area (Å²) < 4.78 is 5.44. The standard InChI is InChI=1S/C14H23N3O/c1-3-10-4-6-14(15,7-5-10)13-16-12(17-18-13)11-8-9(11)2/h9-11H,3-8,15H2,1-2H3. The molecule has 2 unspecified atom stereocenters. The molecule has 18 heavy (non-hydrogen) atoms. The predicted molar refractivity (Wildman–Crippen MR) is 68.9 cm³/mol. The minimum atomic E-state index is -0.366. The Morgan fingerprint density at radius 3 is 2.61 bits per heavy atom. The molecule has 0 spiro atoms. The molecule has 4 heteroatoms. The van der Waals surface area contributed by atoms with E-state index >= 15 is 0 Å². The van der Waals surface area contributed by atoms with Gasteiger partial charge in [0.1, 0.15) is 0 Å². The Bertz CT molecular complexity index is 420. The van der Waals surface area contributed by atoms with Gasteiger partial charge in [0.2, 0.25) is 5.89 Å². The van der Waals surface area contributed by atoms with Crippen LogP contribution in [0.1, 0.15) is 70.0 Å². The summed E-state index contributed by atoms with van der Waals surface area (Å²) >= 11 is 0. The summed E-state index contributed by atoms with van der Waals surface area (Å²) in [5.74, 6) is 3.59. The van der Waals surface area contributed by atoms with Gasteiger partial charge in [-0.25, -0.2) is 0 Å². The van der Waals surface area contributed by atoms with Gasteiger partial charge in [0.15, 0.2) is 5.82 Å². The molecular formula is C14H23N3O. The molecule has 2 N–H and O–H groups in total. The normalized spacial score (nSPS) is 39.8.